The van der Waals surface area contributed by atoms with Crippen LogP contribution in [0.2, 0.25) is 0 Å². The van der Waals surface area contributed by atoms with Crippen molar-refractivity contribution in [1.82, 2.24) is 29.9 Å². The van der Waals surface area contributed by atoms with E-state index in [0.717, 1.165) is 6.29 Å². The van der Waals surface area contributed by atoms with Gasteiger partial charge in [0.25, 0.3) is 0 Å². The van der Waals surface area contributed by atoms with Crippen LogP contribution in [-0.2, 0) is 4.79 Å². The van der Waals surface area contributed by atoms with Crippen molar-refractivity contribution in [2.45, 2.75) is 0 Å². The van der Waals surface area contributed by atoms with Crippen LogP contribution in [0.1, 0.15) is 10.4 Å². The number of aromatic hydroxyl groups is 1. The van der Waals surface area contributed by atoms with Crippen molar-refractivity contribution in [2.24, 2.45) is 0 Å². The summed E-state index contributed by atoms with van der Waals surface area (Å²) in [7, 11) is 0. The number of carbonyl (C=O) groups excluding carboxylic acids is 2. The number of amides is 1. The molecule has 12 rings (SSSR count). The number of nitrogens with one attached hydrogen (secondary N) is 3. The highest BCUT2D eigenvalue weighted by Crippen LogP contribution is 2.37. The second-order valence-corrected chi connectivity index (χ2v) is 15.9. The second kappa shape index (κ2) is 25.4. The molecule has 8 heterocycles. The van der Waals surface area contributed by atoms with Gasteiger partial charge in [-0.15, -0.1) is 0 Å². The van der Waals surface area contributed by atoms with E-state index in [9.17, 15) is 9.59 Å². The minimum absolute atomic E-state index is 0.203. The lowest BCUT2D eigenvalue weighted by Crippen LogP contribution is -2.15. The van der Waals surface area contributed by atoms with Gasteiger partial charge in [-0.2, -0.15) is 0 Å². The molecule has 77 heavy (non-hydrogen) atoms. The van der Waals surface area contributed by atoms with E-state index in [1.54, 1.807) is 121 Å². The maximum absolute atomic E-state index is 11.4. The number of phenolic OH excluding ortho intramolecular Hbond substituents is 1. The van der Waals surface area contributed by atoms with Gasteiger partial charge in [0.1, 0.15) is 124 Å². The van der Waals surface area contributed by atoms with Gasteiger partial charge in [-0.1, -0.05) is 18.7 Å². The molecule has 0 saturated carbocycles. The molecule has 0 fully saturated rings. The summed E-state index contributed by atoms with van der Waals surface area (Å²) >= 11 is 0. The molecule has 0 aliphatic carbocycles. The van der Waals surface area contributed by atoms with Crippen LogP contribution in [-0.4, -0.2) is 100 Å². The van der Waals surface area contributed by atoms with Gasteiger partial charge in [0, 0.05) is 35.9 Å². The molecular formula is C54H48N10O13. The average Bonchev–Trinajstić information content (AvgIpc) is 3.46. The summed E-state index contributed by atoms with van der Waals surface area (Å²) < 4.78 is 54.7. The minimum atomic E-state index is -0.341. The number of hydrogen-bond donors (Lipinski definition) is 5. The number of phenols is 1. The zero-order valence-electron chi connectivity index (χ0n) is 40.8. The predicted octanol–water partition coefficient (Wildman–Crippen LogP) is 8.50. The molecule has 0 unspecified atom stereocenters. The van der Waals surface area contributed by atoms with Gasteiger partial charge < -0.3 is 74.2 Å². The Morgan fingerprint density at radius 2 is 0.948 bits per heavy atom. The zero-order valence-corrected chi connectivity index (χ0v) is 40.8. The van der Waals surface area contributed by atoms with Gasteiger partial charge >= 0.3 is 0 Å². The number of fused-ring (bicyclic) bond motifs is 4. The maximum atomic E-state index is 11.4. The van der Waals surface area contributed by atoms with Crippen molar-refractivity contribution in [3.8, 4) is 75.0 Å². The standard InChI is InChI=1S/C20H17N5O4.C17H15N5O3.C9H8O3.C8H8O3/c1-2-19(26)25-17-5-3-4-16(23-17)24-18-11-20(22-12-21-18)29-13-6-7-14-15(10-13)28-9-8-27-14;18-14-2-1-3-15(21-14)22-16-9-17(20-10-19-16)25-11-4-5-12-13(8-11)24-7-6-23-12;10-6-7-1-2-8-9(5-7)12-4-3-11-8;9-6-1-2-7-8(5-6)11-4-3-10-7/h2-7,10-12H,1,8-9H2,(H2,21,22,23,24,25,26);1-5,8-10H,6-7H2,(H3,18,19,20,21,22);1-2,5-6H,3-4H2;1-2,5,9H,3-4H2. The lowest BCUT2D eigenvalue weighted by atomic mass is 10.2. The van der Waals surface area contributed by atoms with Crippen LogP contribution in [0.25, 0.3) is 0 Å². The zero-order chi connectivity index (χ0) is 53.2. The number of anilines is 6. The molecule has 8 aromatic rings. The van der Waals surface area contributed by atoms with Gasteiger partial charge in [-0.3, -0.25) is 9.59 Å². The summed E-state index contributed by atoms with van der Waals surface area (Å²) in [6, 6.07) is 34.4. The molecule has 23 heteroatoms. The van der Waals surface area contributed by atoms with E-state index in [4.69, 9.17) is 58.2 Å². The third kappa shape index (κ3) is 14.8. The van der Waals surface area contributed by atoms with Gasteiger partial charge in [0.05, 0.1) is 0 Å². The van der Waals surface area contributed by atoms with Crippen molar-refractivity contribution in [2.75, 3.05) is 74.5 Å². The number of ether oxygens (including phenoxy) is 10. The normalized spacial score (nSPS) is 12.8. The van der Waals surface area contributed by atoms with E-state index in [1.807, 2.05) is 0 Å². The highest BCUT2D eigenvalue weighted by Gasteiger charge is 2.16. The number of aromatic nitrogens is 6. The largest absolute Gasteiger partial charge is 0.508 e. The van der Waals surface area contributed by atoms with Crippen LogP contribution in [0, 0.1) is 0 Å². The van der Waals surface area contributed by atoms with Gasteiger partial charge in [0.2, 0.25) is 17.7 Å². The minimum Gasteiger partial charge on any atom is -0.508 e. The maximum Gasteiger partial charge on any atom is 0.248 e. The highest BCUT2D eigenvalue weighted by molar-refractivity contribution is 5.98. The summed E-state index contributed by atoms with van der Waals surface area (Å²) in [5.41, 5.74) is 6.28. The van der Waals surface area contributed by atoms with E-state index < -0.39 is 0 Å². The number of pyridine rings is 2. The van der Waals surface area contributed by atoms with Crippen LogP contribution >= 0.6 is 0 Å². The molecule has 1 amide bonds. The first-order valence-corrected chi connectivity index (χ1v) is 23.6. The van der Waals surface area contributed by atoms with E-state index in [1.165, 1.54) is 18.7 Å². The van der Waals surface area contributed by atoms with Crippen LogP contribution in [0.3, 0.4) is 0 Å². The topological polar surface area (TPSA) is 286 Å². The Labute approximate surface area is 439 Å². The van der Waals surface area contributed by atoms with Crippen molar-refractivity contribution in [1.29, 1.82) is 0 Å². The molecule has 0 bridgehead atoms. The molecule has 6 N–H and O–H groups in total. The molecule has 0 spiro atoms. The number of hydrogen-bond acceptors (Lipinski definition) is 22. The first kappa shape index (κ1) is 51.3. The lowest BCUT2D eigenvalue weighted by Gasteiger charge is -2.18. The number of nitrogens with zero attached hydrogens (tertiary/aromatic N) is 6. The van der Waals surface area contributed by atoms with E-state index in [2.05, 4.69) is 52.4 Å². The molecule has 4 aliphatic heterocycles. The third-order valence-electron chi connectivity index (χ3n) is 10.5. The molecule has 0 radical (unpaired) electrons. The first-order chi connectivity index (χ1) is 37.7. The summed E-state index contributed by atoms with van der Waals surface area (Å²) in [6.07, 6.45) is 4.74. The Hall–Kier alpha value is -10.6. The van der Waals surface area contributed by atoms with Crippen LogP contribution < -0.4 is 69.1 Å². The van der Waals surface area contributed by atoms with Crippen molar-refractivity contribution in [3.63, 3.8) is 0 Å². The Bertz CT molecular complexity index is 3350. The van der Waals surface area contributed by atoms with E-state index >= 15 is 0 Å². The number of carbonyl (C=O) groups is 2. The predicted molar refractivity (Wildman–Crippen MR) is 279 cm³/mol. The Morgan fingerprint density at radius 3 is 1.45 bits per heavy atom. The Morgan fingerprint density at radius 1 is 0.506 bits per heavy atom. The molecule has 4 aromatic heterocycles. The monoisotopic (exact) mass is 1040 g/mol. The van der Waals surface area contributed by atoms with Crippen LogP contribution in [0.5, 0.6) is 75.0 Å². The van der Waals surface area contributed by atoms with Crippen molar-refractivity contribution in [3.05, 3.63) is 152 Å². The van der Waals surface area contributed by atoms with Gasteiger partial charge in [-0.05, 0) is 84.9 Å². The van der Waals surface area contributed by atoms with Gasteiger partial charge in [-0.25, -0.2) is 29.9 Å². The fourth-order valence-corrected chi connectivity index (χ4v) is 7.04. The fourth-order valence-electron chi connectivity index (χ4n) is 7.04. The fraction of sp³-hybridized carbons (Fsp3) is 0.148. The van der Waals surface area contributed by atoms with E-state index in [-0.39, 0.29) is 11.7 Å². The number of nitrogen functional groups attached to an aromatic ring is 1. The van der Waals surface area contributed by atoms with Crippen LogP contribution in [0.4, 0.5) is 34.9 Å². The molecule has 4 aliphatic rings. The first-order valence-electron chi connectivity index (χ1n) is 23.6. The molecular weight excluding hydrogens is 997 g/mol. The van der Waals surface area contributed by atoms with Gasteiger partial charge in [0.15, 0.2) is 46.0 Å². The van der Waals surface area contributed by atoms with Crippen LogP contribution in [0.15, 0.2) is 147 Å². The summed E-state index contributed by atoms with van der Waals surface area (Å²) in [5, 5.41) is 17.8. The Balaban J connectivity index is 0.000000135. The van der Waals surface area contributed by atoms with Crippen molar-refractivity contribution >= 4 is 47.1 Å². The number of rotatable bonds is 11. The number of benzene rings is 4. The molecule has 0 atom stereocenters. The summed E-state index contributed by atoms with van der Waals surface area (Å²) in [5.74, 6) is 10.0. The molecule has 392 valence electrons. The quantitative estimate of drug-likeness (QED) is 0.0599. The Kier molecular flexibility index (Phi) is 16.9. The SMILES string of the molecule is C=CC(=O)Nc1cccc(Nc2cc(Oc3ccc4c(c3)OCCO4)ncn2)n1.Nc1cccc(Nc2cc(Oc3ccc4c(c3)OCCO4)ncn2)n1.O=Cc1ccc2c(c1)OCCO2.Oc1ccc2c(c1)OCCO2. The number of aldehydes is 1. The third-order valence-corrected chi connectivity index (χ3v) is 10.5. The highest BCUT2D eigenvalue weighted by atomic mass is 16.6. The van der Waals surface area contributed by atoms with E-state index in [0.29, 0.717) is 163 Å². The van der Waals surface area contributed by atoms with Crippen molar-refractivity contribution < 1.29 is 62.1 Å². The summed E-state index contributed by atoms with van der Waals surface area (Å²) in [4.78, 5) is 46.8. The molecule has 4 aromatic carbocycles. The second-order valence-electron chi connectivity index (χ2n) is 15.9. The molecule has 23 nitrogen and oxygen atoms in total. The number of nitrogens with two attached hydrogens (primary N) is 1. The summed E-state index contributed by atoms with van der Waals surface area (Å²) in [6.45, 7) is 7.77. The smallest absolute Gasteiger partial charge is 0.248 e. The molecule has 0 saturated heterocycles. The lowest BCUT2D eigenvalue weighted by molar-refractivity contribution is -0.111. The average molecular weight is 1050 g/mol.